The third-order valence-corrected chi connectivity index (χ3v) is 4.25. The standard InChI is InChI=1S/C12H22N2O5S/c1-20(18,19)8-6-10(12(16)17)14-11(15)9-5-3-2-4-7-13-9/h9-10,13H,2-8H2,1H3,(H,14,15)(H,16,17). The minimum Gasteiger partial charge on any atom is -0.480 e. The van der Waals surface area contributed by atoms with Gasteiger partial charge in [0.25, 0.3) is 0 Å². The van der Waals surface area contributed by atoms with E-state index in [-0.39, 0.29) is 18.1 Å². The van der Waals surface area contributed by atoms with Crippen molar-refractivity contribution in [3.8, 4) is 0 Å². The van der Waals surface area contributed by atoms with Gasteiger partial charge in [0.2, 0.25) is 5.91 Å². The van der Waals surface area contributed by atoms with Crippen LogP contribution in [-0.4, -0.2) is 56.0 Å². The highest BCUT2D eigenvalue weighted by molar-refractivity contribution is 7.90. The minimum absolute atomic E-state index is 0.118. The fraction of sp³-hybridized carbons (Fsp3) is 0.833. The second-order valence-electron chi connectivity index (χ2n) is 5.17. The van der Waals surface area contributed by atoms with Gasteiger partial charge in [-0.15, -0.1) is 0 Å². The normalized spacial score (nSPS) is 21.8. The third kappa shape index (κ3) is 6.33. The highest BCUT2D eigenvalue weighted by Crippen LogP contribution is 2.09. The van der Waals surface area contributed by atoms with Crippen molar-refractivity contribution < 1.29 is 23.1 Å². The Hall–Kier alpha value is -1.15. The zero-order chi connectivity index (χ0) is 15.2. The Kier molecular flexibility index (Phi) is 6.41. The number of carbonyl (C=O) groups is 2. The number of rotatable bonds is 6. The molecule has 1 aliphatic rings. The van der Waals surface area contributed by atoms with Gasteiger partial charge in [0, 0.05) is 6.26 Å². The molecule has 2 unspecified atom stereocenters. The van der Waals surface area contributed by atoms with E-state index < -0.39 is 27.9 Å². The lowest BCUT2D eigenvalue weighted by Gasteiger charge is -2.19. The molecule has 3 N–H and O–H groups in total. The Balaban J connectivity index is 2.55. The second-order valence-corrected chi connectivity index (χ2v) is 7.43. The molecule has 0 bridgehead atoms. The zero-order valence-corrected chi connectivity index (χ0v) is 12.4. The van der Waals surface area contributed by atoms with Crippen LogP contribution in [0.15, 0.2) is 0 Å². The van der Waals surface area contributed by atoms with E-state index in [1.807, 2.05) is 0 Å². The van der Waals surface area contributed by atoms with Crippen molar-refractivity contribution in [1.82, 2.24) is 10.6 Å². The summed E-state index contributed by atoms with van der Waals surface area (Å²) in [5.41, 5.74) is 0. The average Bonchev–Trinajstić information content (AvgIpc) is 2.61. The summed E-state index contributed by atoms with van der Waals surface area (Å²) in [6.07, 6.45) is 4.57. The lowest BCUT2D eigenvalue weighted by Crippen LogP contribution is -2.50. The molecule has 1 saturated heterocycles. The largest absolute Gasteiger partial charge is 0.480 e. The molecule has 0 spiro atoms. The highest BCUT2D eigenvalue weighted by atomic mass is 32.2. The number of amides is 1. The molecule has 1 amide bonds. The third-order valence-electron chi connectivity index (χ3n) is 3.27. The maximum atomic E-state index is 12.0. The summed E-state index contributed by atoms with van der Waals surface area (Å²) in [4.78, 5) is 23.1. The van der Waals surface area contributed by atoms with Crippen LogP contribution in [0.4, 0.5) is 0 Å². The van der Waals surface area contributed by atoms with Crippen molar-refractivity contribution in [3.63, 3.8) is 0 Å². The minimum atomic E-state index is -3.25. The maximum Gasteiger partial charge on any atom is 0.326 e. The summed E-state index contributed by atoms with van der Waals surface area (Å²) < 4.78 is 22.1. The van der Waals surface area contributed by atoms with Gasteiger partial charge in [0.15, 0.2) is 0 Å². The predicted molar refractivity (Wildman–Crippen MR) is 74.2 cm³/mol. The first kappa shape index (κ1) is 16.9. The molecule has 1 aliphatic heterocycles. The van der Waals surface area contributed by atoms with E-state index in [9.17, 15) is 18.0 Å². The van der Waals surface area contributed by atoms with Gasteiger partial charge in [0.1, 0.15) is 15.9 Å². The number of aliphatic carboxylic acids is 1. The van der Waals surface area contributed by atoms with Crippen molar-refractivity contribution in [3.05, 3.63) is 0 Å². The second kappa shape index (κ2) is 7.58. The molecule has 2 atom stereocenters. The Bertz CT molecular complexity index is 441. The first-order chi connectivity index (χ1) is 9.29. The molecular weight excluding hydrogens is 284 g/mol. The van der Waals surface area contributed by atoms with E-state index in [4.69, 9.17) is 5.11 Å². The lowest BCUT2D eigenvalue weighted by atomic mass is 10.1. The molecule has 7 nitrogen and oxygen atoms in total. The topological polar surface area (TPSA) is 113 Å². The summed E-state index contributed by atoms with van der Waals surface area (Å²) in [5, 5.41) is 14.5. The van der Waals surface area contributed by atoms with E-state index in [0.29, 0.717) is 6.42 Å². The number of sulfone groups is 1. The van der Waals surface area contributed by atoms with Gasteiger partial charge in [-0.05, 0) is 25.8 Å². The van der Waals surface area contributed by atoms with Crippen LogP contribution in [0.2, 0.25) is 0 Å². The molecule has 0 aromatic heterocycles. The van der Waals surface area contributed by atoms with Gasteiger partial charge in [-0.1, -0.05) is 12.8 Å². The van der Waals surface area contributed by atoms with Crippen molar-refractivity contribution >= 4 is 21.7 Å². The fourth-order valence-electron chi connectivity index (χ4n) is 2.11. The molecule has 1 fully saturated rings. The van der Waals surface area contributed by atoms with Crippen molar-refractivity contribution in [1.29, 1.82) is 0 Å². The molecule has 20 heavy (non-hydrogen) atoms. The molecule has 1 rings (SSSR count). The molecule has 0 aromatic rings. The van der Waals surface area contributed by atoms with Gasteiger partial charge < -0.3 is 15.7 Å². The lowest BCUT2D eigenvalue weighted by molar-refractivity contribution is -0.142. The van der Waals surface area contributed by atoms with Gasteiger partial charge in [-0.2, -0.15) is 0 Å². The Labute approximate surface area is 119 Å². The first-order valence-electron chi connectivity index (χ1n) is 6.74. The number of carboxylic acid groups (broad SMARTS) is 1. The van der Waals surface area contributed by atoms with Gasteiger partial charge >= 0.3 is 5.97 Å². The van der Waals surface area contributed by atoms with Crippen LogP contribution in [0.5, 0.6) is 0 Å². The van der Waals surface area contributed by atoms with E-state index in [1.165, 1.54) is 0 Å². The smallest absolute Gasteiger partial charge is 0.326 e. The van der Waals surface area contributed by atoms with Crippen LogP contribution in [0, 0.1) is 0 Å². The van der Waals surface area contributed by atoms with Crippen molar-refractivity contribution in [2.45, 2.75) is 44.2 Å². The quantitative estimate of drug-likeness (QED) is 0.611. The van der Waals surface area contributed by atoms with E-state index >= 15 is 0 Å². The highest BCUT2D eigenvalue weighted by Gasteiger charge is 2.26. The summed E-state index contributed by atoms with van der Waals surface area (Å²) in [6, 6.07) is -1.56. The molecule has 116 valence electrons. The number of carbonyl (C=O) groups excluding carboxylic acids is 1. The SMILES string of the molecule is CS(=O)(=O)CCC(NC(=O)C1CCCCCN1)C(=O)O. The van der Waals surface area contributed by atoms with Crippen LogP contribution >= 0.6 is 0 Å². The van der Waals surface area contributed by atoms with Crippen LogP contribution in [-0.2, 0) is 19.4 Å². The molecule has 0 saturated carbocycles. The fourth-order valence-corrected chi connectivity index (χ4v) is 2.78. The van der Waals surface area contributed by atoms with Crippen molar-refractivity contribution in [2.75, 3.05) is 18.6 Å². The molecule has 0 aliphatic carbocycles. The monoisotopic (exact) mass is 306 g/mol. The van der Waals surface area contributed by atoms with Gasteiger partial charge in [-0.25, -0.2) is 13.2 Å². The number of hydrogen-bond donors (Lipinski definition) is 3. The Morgan fingerprint density at radius 2 is 2.05 bits per heavy atom. The number of hydrogen-bond acceptors (Lipinski definition) is 5. The Morgan fingerprint density at radius 1 is 1.35 bits per heavy atom. The van der Waals surface area contributed by atoms with Crippen LogP contribution < -0.4 is 10.6 Å². The van der Waals surface area contributed by atoms with Crippen LogP contribution in [0.3, 0.4) is 0 Å². The molecule has 8 heteroatoms. The molecule has 1 heterocycles. The van der Waals surface area contributed by atoms with Crippen LogP contribution in [0.25, 0.3) is 0 Å². The first-order valence-corrected chi connectivity index (χ1v) is 8.80. The maximum absolute atomic E-state index is 12.0. The summed E-state index contributed by atoms with van der Waals surface area (Å²) in [6.45, 7) is 0.735. The molecule has 0 radical (unpaired) electrons. The number of nitrogens with one attached hydrogen (secondary N) is 2. The zero-order valence-electron chi connectivity index (χ0n) is 11.6. The van der Waals surface area contributed by atoms with Crippen molar-refractivity contribution in [2.24, 2.45) is 0 Å². The van der Waals surface area contributed by atoms with Gasteiger partial charge in [-0.3, -0.25) is 4.79 Å². The number of carboxylic acids is 1. The van der Waals surface area contributed by atoms with Gasteiger partial charge in [0.05, 0.1) is 11.8 Å². The molecule has 0 aromatic carbocycles. The summed E-state index contributed by atoms with van der Waals surface area (Å²) >= 11 is 0. The summed E-state index contributed by atoms with van der Waals surface area (Å²) in [5.74, 6) is -1.84. The predicted octanol–water partition coefficient (Wildman–Crippen LogP) is -0.477. The molecular formula is C12H22N2O5S. The van der Waals surface area contributed by atoms with Crippen LogP contribution in [0.1, 0.15) is 32.1 Å². The van der Waals surface area contributed by atoms with E-state index in [2.05, 4.69) is 10.6 Å². The Morgan fingerprint density at radius 3 is 2.65 bits per heavy atom. The average molecular weight is 306 g/mol. The summed E-state index contributed by atoms with van der Waals surface area (Å²) in [7, 11) is -3.25. The van der Waals surface area contributed by atoms with E-state index in [0.717, 1.165) is 32.1 Å². The van der Waals surface area contributed by atoms with E-state index in [1.54, 1.807) is 0 Å².